The summed E-state index contributed by atoms with van der Waals surface area (Å²) in [6.07, 6.45) is -1.53. The van der Waals surface area contributed by atoms with Crippen molar-refractivity contribution in [1.29, 1.82) is 0 Å². The molecule has 2 rings (SSSR count). The number of hydrogen-bond acceptors (Lipinski definition) is 3. The summed E-state index contributed by atoms with van der Waals surface area (Å²) < 4.78 is 45.3. The number of halogens is 4. The molecular weight excluding hydrogens is 295 g/mol. The van der Waals surface area contributed by atoms with Crippen molar-refractivity contribution in [2.45, 2.75) is 31.7 Å². The molecule has 0 unspecified atom stereocenters. The van der Waals surface area contributed by atoms with E-state index in [4.69, 9.17) is 10.5 Å². The number of alkyl halides is 3. The molecule has 0 aromatic heterocycles. The van der Waals surface area contributed by atoms with Crippen LogP contribution in [0.3, 0.4) is 0 Å². The van der Waals surface area contributed by atoms with Gasteiger partial charge >= 0.3 is 6.36 Å². The smallest absolute Gasteiger partial charge is 0.496 e. The molecule has 1 aromatic carbocycles. The lowest BCUT2D eigenvalue weighted by atomic mass is 10.0. The SMILES string of the molecule is COc1cc(OC(F)(F)F)ccc1[C@@H](N)CC1CC1.Cl. The Labute approximate surface area is 121 Å². The Morgan fingerprint density at radius 3 is 2.50 bits per heavy atom. The molecule has 0 spiro atoms. The van der Waals surface area contributed by atoms with Crippen molar-refractivity contribution in [3.63, 3.8) is 0 Å². The van der Waals surface area contributed by atoms with Crippen LogP contribution in [-0.2, 0) is 0 Å². The Balaban J connectivity index is 0.00000200. The fourth-order valence-electron chi connectivity index (χ4n) is 2.03. The van der Waals surface area contributed by atoms with Crippen molar-refractivity contribution in [3.8, 4) is 11.5 Å². The zero-order valence-electron chi connectivity index (χ0n) is 10.9. The second-order valence-electron chi connectivity index (χ2n) is 4.74. The van der Waals surface area contributed by atoms with E-state index in [-0.39, 0.29) is 24.2 Å². The van der Waals surface area contributed by atoms with Crippen molar-refractivity contribution in [3.05, 3.63) is 23.8 Å². The van der Waals surface area contributed by atoms with E-state index in [1.807, 2.05) is 0 Å². The topological polar surface area (TPSA) is 44.5 Å². The molecule has 7 heteroatoms. The Morgan fingerprint density at radius 2 is 2.00 bits per heavy atom. The van der Waals surface area contributed by atoms with Crippen LogP contribution in [0.4, 0.5) is 13.2 Å². The van der Waals surface area contributed by atoms with Crippen LogP contribution in [0.15, 0.2) is 18.2 Å². The molecule has 0 aliphatic heterocycles. The van der Waals surface area contributed by atoms with Crippen molar-refractivity contribution < 1.29 is 22.6 Å². The summed E-state index contributed by atoms with van der Waals surface area (Å²) in [5.41, 5.74) is 6.76. The van der Waals surface area contributed by atoms with Crippen molar-refractivity contribution in [2.24, 2.45) is 11.7 Å². The molecule has 0 saturated heterocycles. The van der Waals surface area contributed by atoms with Crippen LogP contribution in [0.5, 0.6) is 11.5 Å². The first-order valence-corrected chi connectivity index (χ1v) is 6.08. The normalized spacial score (nSPS) is 16.2. The molecule has 1 aromatic rings. The Kier molecular flexibility index (Phi) is 5.53. The van der Waals surface area contributed by atoms with Gasteiger partial charge in [-0.05, 0) is 18.4 Å². The lowest BCUT2D eigenvalue weighted by Gasteiger charge is -2.17. The van der Waals surface area contributed by atoms with Crippen LogP contribution >= 0.6 is 12.4 Å². The molecule has 1 aliphatic carbocycles. The van der Waals surface area contributed by atoms with Gasteiger partial charge in [-0.1, -0.05) is 18.9 Å². The standard InChI is InChI=1S/C13H16F3NO2.ClH/c1-18-12-7-9(19-13(14,15)16)4-5-10(12)11(17)6-8-2-3-8;/h4-5,7-8,11H,2-3,6,17H2,1H3;1H/t11-;/m0./s1. The lowest BCUT2D eigenvalue weighted by Crippen LogP contribution is -2.17. The number of ether oxygens (including phenoxy) is 2. The van der Waals surface area contributed by atoms with Gasteiger partial charge in [-0.2, -0.15) is 0 Å². The molecule has 114 valence electrons. The number of rotatable bonds is 5. The Bertz CT molecular complexity index is 450. The highest BCUT2D eigenvalue weighted by Crippen LogP contribution is 2.39. The molecule has 0 bridgehead atoms. The van der Waals surface area contributed by atoms with E-state index in [0.717, 1.165) is 6.42 Å². The second kappa shape index (κ2) is 6.54. The summed E-state index contributed by atoms with van der Waals surface area (Å²) in [5.74, 6) is 0.660. The molecular formula is C13H17ClF3NO2. The maximum atomic E-state index is 12.1. The van der Waals surface area contributed by atoms with E-state index < -0.39 is 6.36 Å². The largest absolute Gasteiger partial charge is 0.573 e. The molecule has 0 heterocycles. The quantitative estimate of drug-likeness (QED) is 0.899. The van der Waals surface area contributed by atoms with E-state index in [9.17, 15) is 13.2 Å². The monoisotopic (exact) mass is 311 g/mol. The van der Waals surface area contributed by atoms with Crippen LogP contribution in [0.1, 0.15) is 30.9 Å². The Hall–Kier alpha value is -1.14. The van der Waals surface area contributed by atoms with E-state index >= 15 is 0 Å². The summed E-state index contributed by atoms with van der Waals surface area (Å²) in [6.45, 7) is 0. The highest BCUT2D eigenvalue weighted by molar-refractivity contribution is 5.85. The molecule has 1 saturated carbocycles. The molecule has 20 heavy (non-hydrogen) atoms. The highest BCUT2D eigenvalue weighted by Gasteiger charge is 2.32. The molecule has 1 atom stereocenters. The van der Waals surface area contributed by atoms with E-state index in [1.54, 1.807) is 0 Å². The fraction of sp³-hybridized carbons (Fsp3) is 0.538. The first-order valence-electron chi connectivity index (χ1n) is 6.08. The summed E-state index contributed by atoms with van der Waals surface area (Å²) in [4.78, 5) is 0. The first-order chi connectivity index (χ1) is 8.89. The predicted octanol–water partition coefficient (Wildman–Crippen LogP) is 3.82. The summed E-state index contributed by atoms with van der Waals surface area (Å²) in [5, 5.41) is 0. The minimum Gasteiger partial charge on any atom is -0.496 e. The maximum Gasteiger partial charge on any atom is 0.573 e. The third-order valence-electron chi connectivity index (χ3n) is 3.12. The molecule has 0 radical (unpaired) electrons. The van der Waals surface area contributed by atoms with Gasteiger partial charge in [-0.25, -0.2) is 0 Å². The molecule has 3 nitrogen and oxygen atoms in total. The minimum atomic E-state index is -4.71. The molecule has 1 fully saturated rings. The number of nitrogens with two attached hydrogens (primary N) is 1. The third kappa shape index (κ3) is 4.76. The van der Waals surface area contributed by atoms with Gasteiger partial charge in [-0.3, -0.25) is 0 Å². The summed E-state index contributed by atoms with van der Waals surface area (Å²) in [7, 11) is 1.40. The second-order valence-corrected chi connectivity index (χ2v) is 4.74. The van der Waals surface area contributed by atoms with Crippen LogP contribution in [0.2, 0.25) is 0 Å². The van der Waals surface area contributed by atoms with Gasteiger partial charge in [0.15, 0.2) is 0 Å². The van der Waals surface area contributed by atoms with Crippen LogP contribution in [-0.4, -0.2) is 13.5 Å². The molecule has 2 N–H and O–H groups in total. The van der Waals surface area contributed by atoms with E-state index in [0.29, 0.717) is 17.2 Å². The Morgan fingerprint density at radius 1 is 1.35 bits per heavy atom. The minimum absolute atomic E-state index is 0. The number of benzene rings is 1. The van der Waals surface area contributed by atoms with E-state index in [2.05, 4.69) is 4.74 Å². The third-order valence-corrected chi connectivity index (χ3v) is 3.12. The van der Waals surface area contributed by atoms with Gasteiger partial charge in [0.05, 0.1) is 7.11 Å². The van der Waals surface area contributed by atoms with Gasteiger partial charge < -0.3 is 15.2 Å². The predicted molar refractivity (Wildman–Crippen MR) is 71.2 cm³/mol. The molecule has 1 aliphatic rings. The first kappa shape index (κ1) is 16.9. The van der Waals surface area contributed by atoms with Gasteiger partial charge in [-0.15, -0.1) is 25.6 Å². The van der Waals surface area contributed by atoms with Crippen LogP contribution < -0.4 is 15.2 Å². The molecule has 0 amide bonds. The summed E-state index contributed by atoms with van der Waals surface area (Å²) in [6, 6.07) is 3.79. The van der Waals surface area contributed by atoms with Gasteiger partial charge in [0.25, 0.3) is 0 Å². The van der Waals surface area contributed by atoms with E-state index in [1.165, 1.54) is 38.2 Å². The van der Waals surface area contributed by atoms with Crippen LogP contribution in [0, 0.1) is 5.92 Å². The van der Waals surface area contributed by atoms with Gasteiger partial charge in [0.2, 0.25) is 0 Å². The van der Waals surface area contributed by atoms with Crippen LogP contribution in [0.25, 0.3) is 0 Å². The highest BCUT2D eigenvalue weighted by atomic mass is 35.5. The van der Waals surface area contributed by atoms with Gasteiger partial charge in [0.1, 0.15) is 11.5 Å². The lowest BCUT2D eigenvalue weighted by molar-refractivity contribution is -0.274. The zero-order chi connectivity index (χ0) is 14.0. The fourth-order valence-corrected chi connectivity index (χ4v) is 2.03. The zero-order valence-corrected chi connectivity index (χ0v) is 11.8. The summed E-state index contributed by atoms with van der Waals surface area (Å²) >= 11 is 0. The van der Waals surface area contributed by atoms with Crippen molar-refractivity contribution in [2.75, 3.05) is 7.11 Å². The maximum absolute atomic E-state index is 12.1. The van der Waals surface area contributed by atoms with Crippen molar-refractivity contribution in [1.82, 2.24) is 0 Å². The average molecular weight is 312 g/mol. The van der Waals surface area contributed by atoms with Crippen molar-refractivity contribution >= 4 is 12.4 Å². The van der Waals surface area contributed by atoms with Gasteiger partial charge in [0, 0.05) is 17.7 Å². The number of methoxy groups -OCH3 is 1. The number of hydrogen-bond donors (Lipinski definition) is 1. The average Bonchev–Trinajstić information content (AvgIpc) is 3.10.